The smallest absolute Gasteiger partial charge is 0.251 e. The number of nitrogen functional groups attached to an aromatic ring is 1. The van der Waals surface area contributed by atoms with Crippen LogP contribution in [0.1, 0.15) is 29.3 Å². The van der Waals surface area contributed by atoms with Gasteiger partial charge in [-0.2, -0.15) is 0 Å². The highest BCUT2D eigenvalue weighted by atomic mass is 19.1. The van der Waals surface area contributed by atoms with Crippen molar-refractivity contribution in [3.8, 4) is 0 Å². The molecule has 0 bridgehead atoms. The lowest BCUT2D eigenvalue weighted by atomic mass is 10.1. The number of benzene rings is 2. The zero-order valence-electron chi connectivity index (χ0n) is 12.0. The Hall–Kier alpha value is -2.36. The highest BCUT2D eigenvalue weighted by molar-refractivity contribution is 5.95. The van der Waals surface area contributed by atoms with Crippen LogP contribution in [0.4, 0.5) is 10.1 Å². The summed E-state index contributed by atoms with van der Waals surface area (Å²) in [6.07, 6.45) is 1.74. The SMILES string of the molecule is CC(CCc1ccccc1)NC(=O)c1ccc(F)c(N)c1. The number of nitrogens with two attached hydrogens (primary N) is 1. The summed E-state index contributed by atoms with van der Waals surface area (Å²) in [4.78, 5) is 12.0. The van der Waals surface area contributed by atoms with E-state index in [-0.39, 0.29) is 17.6 Å². The molecule has 0 radical (unpaired) electrons. The lowest BCUT2D eigenvalue weighted by Gasteiger charge is -2.14. The number of carbonyl (C=O) groups is 1. The molecule has 1 unspecified atom stereocenters. The largest absolute Gasteiger partial charge is 0.396 e. The quantitative estimate of drug-likeness (QED) is 0.830. The van der Waals surface area contributed by atoms with Gasteiger partial charge in [-0.25, -0.2) is 4.39 Å². The third-order valence-electron chi connectivity index (χ3n) is 3.34. The van der Waals surface area contributed by atoms with E-state index in [4.69, 9.17) is 5.73 Å². The summed E-state index contributed by atoms with van der Waals surface area (Å²) in [5.74, 6) is -0.745. The maximum Gasteiger partial charge on any atom is 0.251 e. The maximum absolute atomic E-state index is 13.1. The monoisotopic (exact) mass is 286 g/mol. The van der Waals surface area contributed by atoms with Crippen molar-refractivity contribution in [2.45, 2.75) is 25.8 Å². The lowest BCUT2D eigenvalue weighted by molar-refractivity contribution is 0.0938. The van der Waals surface area contributed by atoms with Crippen LogP contribution in [-0.2, 0) is 6.42 Å². The van der Waals surface area contributed by atoms with E-state index >= 15 is 0 Å². The van der Waals surface area contributed by atoms with E-state index in [1.165, 1.54) is 23.8 Å². The first-order valence-corrected chi connectivity index (χ1v) is 6.96. The van der Waals surface area contributed by atoms with Crippen molar-refractivity contribution in [3.05, 3.63) is 65.5 Å². The lowest BCUT2D eigenvalue weighted by Crippen LogP contribution is -2.32. The Kier molecular flexibility index (Phi) is 4.93. The van der Waals surface area contributed by atoms with E-state index in [0.29, 0.717) is 5.56 Å². The zero-order chi connectivity index (χ0) is 15.2. The summed E-state index contributed by atoms with van der Waals surface area (Å²) in [6, 6.07) is 14.1. The maximum atomic E-state index is 13.1. The van der Waals surface area contributed by atoms with Gasteiger partial charge >= 0.3 is 0 Å². The van der Waals surface area contributed by atoms with E-state index in [2.05, 4.69) is 17.4 Å². The Morgan fingerprint density at radius 2 is 1.95 bits per heavy atom. The Labute approximate surface area is 124 Å². The van der Waals surface area contributed by atoms with Crippen LogP contribution < -0.4 is 11.1 Å². The van der Waals surface area contributed by atoms with Crippen molar-refractivity contribution in [2.24, 2.45) is 0 Å². The fourth-order valence-corrected chi connectivity index (χ4v) is 2.09. The first-order chi connectivity index (χ1) is 10.1. The number of nitrogens with one attached hydrogen (secondary N) is 1. The summed E-state index contributed by atoms with van der Waals surface area (Å²) in [6.45, 7) is 1.95. The van der Waals surface area contributed by atoms with Crippen molar-refractivity contribution in [1.82, 2.24) is 5.32 Å². The van der Waals surface area contributed by atoms with Crippen LogP contribution in [0.5, 0.6) is 0 Å². The van der Waals surface area contributed by atoms with Gasteiger partial charge in [0, 0.05) is 11.6 Å². The minimum Gasteiger partial charge on any atom is -0.396 e. The Balaban J connectivity index is 1.88. The van der Waals surface area contributed by atoms with Gasteiger partial charge in [0.05, 0.1) is 5.69 Å². The van der Waals surface area contributed by atoms with Crippen LogP contribution in [0.15, 0.2) is 48.5 Å². The fraction of sp³-hybridized carbons (Fsp3) is 0.235. The van der Waals surface area contributed by atoms with Crippen LogP contribution in [0.2, 0.25) is 0 Å². The van der Waals surface area contributed by atoms with Gasteiger partial charge in [0.1, 0.15) is 5.82 Å². The molecule has 0 aliphatic carbocycles. The predicted octanol–water partition coefficient (Wildman–Crippen LogP) is 3.16. The van der Waals surface area contributed by atoms with Gasteiger partial charge in [-0.3, -0.25) is 4.79 Å². The molecule has 2 rings (SSSR count). The van der Waals surface area contributed by atoms with Crippen LogP contribution in [0, 0.1) is 5.82 Å². The molecule has 2 aromatic carbocycles. The number of halogens is 1. The van der Waals surface area contributed by atoms with Crippen molar-refractivity contribution in [1.29, 1.82) is 0 Å². The zero-order valence-corrected chi connectivity index (χ0v) is 12.0. The van der Waals surface area contributed by atoms with E-state index in [9.17, 15) is 9.18 Å². The number of carbonyl (C=O) groups excluding carboxylic acids is 1. The predicted molar refractivity (Wildman–Crippen MR) is 82.5 cm³/mol. The molecule has 1 amide bonds. The molecule has 0 fully saturated rings. The van der Waals surface area contributed by atoms with Gasteiger partial charge < -0.3 is 11.1 Å². The number of hydrogen-bond donors (Lipinski definition) is 2. The average Bonchev–Trinajstić information content (AvgIpc) is 2.49. The molecule has 4 heteroatoms. The Morgan fingerprint density at radius 1 is 1.24 bits per heavy atom. The summed E-state index contributed by atoms with van der Waals surface area (Å²) in [5, 5.41) is 2.90. The fourth-order valence-electron chi connectivity index (χ4n) is 2.09. The third kappa shape index (κ3) is 4.31. The Morgan fingerprint density at radius 3 is 2.62 bits per heavy atom. The van der Waals surface area contributed by atoms with Crippen LogP contribution >= 0.6 is 0 Å². The minimum atomic E-state index is -0.510. The molecule has 3 N–H and O–H groups in total. The molecular weight excluding hydrogens is 267 g/mol. The minimum absolute atomic E-state index is 0.0143. The van der Waals surface area contributed by atoms with Gasteiger partial charge in [-0.1, -0.05) is 30.3 Å². The summed E-state index contributed by atoms with van der Waals surface area (Å²) >= 11 is 0. The van der Waals surface area contributed by atoms with Crippen molar-refractivity contribution in [2.75, 3.05) is 5.73 Å². The molecule has 1 atom stereocenters. The van der Waals surface area contributed by atoms with Crippen molar-refractivity contribution >= 4 is 11.6 Å². The standard InChI is InChI=1S/C17H19FN2O/c1-12(7-8-13-5-3-2-4-6-13)20-17(21)14-9-10-15(18)16(19)11-14/h2-6,9-12H,7-8,19H2,1H3,(H,20,21). The van der Waals surface area contributed by atoms with Gasteiger partial charge in [-0.15, -0.1) is 0 Å². The highest BCUT2D eigenvalue weighted by Gasteiger charge is 2.11. The number of aryl methyl sites for hydroxylation is 1. The molecule has 0 heterocycles. The number of anilines is 1. The topological polar surface area (TPSA) is 55.1 Å². The molecule has 0 aliphatic rings. The normalized spacial score (nSPS) is 11.9. The summed E-state index contributed by atoms with van der Waals surface area (Å²) in [7, 11) is 0. The molecule has 2 aromatic rings. The summed E-state index contributed by atoms with van der Waals surface area (Å²) in [5.41, 5.74) is 7.07. The van der Waals surface area contributed by atoms with Crippen molar-refractivity contribution < 1.29 is 9.18 Å². The van der Waals surface area contributed by atoms with Crippen LogP contribution in [-0.4, -0.2) is 11.9 Å². The number of rotatable bonds is 5. The second-order valence-electron chi connectivity index (χ2n) is 5.14. The van der Waals surface area contributed by atoms with E-state index < -0.39 is 5.82 Å². The molecule has 110 valence electrons. The Bertz CT molecular complexity index is 613. The highest BCUT2D eigenvalue weighted by Crippen LogP contribution is 2.12. The van der Waals surface area contributed by atoms with Gasteiger partial charge in [0.15, 0.2) is 0 Å². The molecule has 0 saturated heterocycles. The number of amides is 1. The molecule has 21 heavy (non-hydrogen) atoms. The molecule has 0 aliphatic heterocycles. The third-order valence-corrected chi connectivity index (χ3v) is 3.34. The van der Waals surface area contributed by atoms with E-state index in [0.717, 1.165) is 12.8 Å². The van der Waals surface area contributed by atoms with Crippen LogP contribution in [0.25, 0.3) is 0 Å². The molecule has 0 spiro atoms. The second-order valence-corrected chi connectivity index (χ2v) is 5.14. The second kappa shape index (κ2) is 6.88. The average molecular weight is 286 g/mol. The van der Waals surface area contributed by atoms with Crippen LogP contribution in [0.3, 0.4) is 0 Å². The molecule has 0 aromatic heterocycles. The molecular formula is C17H19FN2O. The molecule has 3 nitrogen and oxygen atoms in total. The van der Waals surface area contributed by atoms with Gasteiger partial charge in [0.25, 0.3) is 5.91 Å². The van der Waals surface area contributed by atoms with E-state index in [1.807, 2.05) is 25.1 Å². The first kappa shape index (κ1) is 15.0. The van der Waals surface area contributed by atoms with E-state index in [1.54, 1.807) is 0 Å². The first-order valence-electron chi connectivity index (χ1n) is 6.96. The summed E-state index contributed by atoms with van der Waals surface area (Å²) < 4.78 is 13.1. The van der Waals surface area contributed by atoms with Gasteiger partial charge in [-0.05, 0) is 43.5 Å². The number of hydrogen-bond acceptors (Lipinski definition) is 2. The molecule has 0 saturated carbocycles. The van der Waals surface area contributed by atoms with Gasteiger partial charge in [0.2, 0.25) is 0 Å². The van der Waals surface area contributed by atoms with Crippen molar-refractivity contribution in [3.63, 3.8) is 0 Å².